The molecule has 0 radical (unpaired) electrons. The van der Waals surface area contributed by atoms with Crippen LogP contribution in [0.4, 0.5) is 0 Å². The summed E-state index contributed by atoms with van der Waals surface area (Å²) in [5.41, 5.74) is 0. The van der Waals surface area contributed by atoms with Crippen molar-refractivity contribution in [2.24, 2.45) is 5.92 Å². The van der Waals surface area contributed by atoms with Gasteiger partial charge in [0, 0.05) is 6.04 Å². The molecule has 1 amide bonds. The van der Waals surface area contributed by atoms with Gasteiger partial charge >= 0.3 is 5.97 Å². The summed E-state index contributed by atoms with van der Waals surface area (Å²) in [4.78, 5) is 25.0. The molecule has 5 nitrogen and oxygen atoms in total. The molecule has 18 heavy (non-hydrogen) atoms. The van der Waals surface area contributed by atoms with Crippen molar-refractivity contribution in [3.8, 4) is 0 Å². The Morgan fingerprint density at radius 3 is 2.56 bits per heavy atom. The zero-order chi connectivity index (χ0) is 13.7. The number of aliphatic carboxylic acids is 1. The number of rotatable bonds is 6. The average molecular weight is 256 g/mol. The van der Waals surface area contributed by atoms with Crippen LogP contribution in [0.1, 0.15) is 40.0 Å². The van der Waals surface area contributed by atoms with Crippen LogP contribution in [0.15, 0.2) is 0 Å². The van der Waals surface area contributed by atoms with Gasteiger partial charge in [-0.1, -0.05) is 13.8 Å². The highest BCUT2D eigenvalue weighted by molar-refractivity contribution is 5.84. The number of carboxylic acid groups (broad SMARTS) is 1. The van der Waals surface area contributed by atoms with E-state index in [4.69, 9.17) is 5.11 Å². The Morgan fingerprint density at radius 1 is 1.44 bits per heavy atom. The van der Waals surface area contributed by atoms with Gasteiger partial charge in [-0.25, -0.2) is 4.79 Å². The predicted molar refractivity (Wildman–Crippen MR) is 69.3 cm³/mol. The summed E-state index contributed by atoms with van der Waals surface area (Å²) in [7, 11) is 0. The van der Waals surface area contributed by atoms with Gasteiger partial charge in [-0.15, -0.1) is 0 Å². The number of hydrogen-bond donors (Lipinski definition) is 2. The maximum Gasteiger partial charge on any atom is 0.326 e. The first-order valence-electron chi connectivity index (χ1n) is 6.66. The van der Waals surface area contributed by atoms with Crippen LogP contribution in [-0.4, -0.2) is 47.1 Å². The van der Waals surface area contributed by atoms with Gasteiger partial charge in [0.1, 0.15) is 6.04 Å². The number of carboxylic acids is 1. The summed E-state index contributed by atoms with van der Waals surface area (Å²) in [6.45, 7) is 7.23. The lowest BCUT2D eigenvalue weighted by Gasteiger charge is -2.22. The molecule has 5 heteroatoms. The number of nitrogens with one attached hydrogen (secondary N) is 1. The van der Waals surface area contributed by atoms with E-state index in [2.05, 4.69) is 17.1 Å². The van der Waals surface area contributed by atoms with Crippen molar-refractivity contribution in [2.45, 2.75) is 52.1 Å². The van der Waals surface area contributed by atoms with Crippen molar-refractivity contribution in [3.05, 3.63) is 0 Å². The number of carbonyl (C=O) groups excluding carboxylic acids is 1. The van der Waals surface area contributed by atoms with Crippen LogP contribution in [0.5, 0.6) is 0 Å². The molecule has 0 saturated carbocycles. The first-order valence-corrected chi connectivity index (χ1v) is 6.66. The van der Waals surface area contributed by atoms with Crippen molar-refractivity contribution in [2.75, 3.05) is 13.1 Å². The molecule has 1 fully saturated rings. The molecule has 0 bridgehead atoms. The van der Waals surface area contributed by atoms with E-state index in [0.29, 0.717) is 19.0 Å². The van der Waals surface area contributed by atoms with Crippen molar-refractivity contribution >= 4 is 11.9 Å². The van der Waals surface area contributed by atoms with Crippen LogP contribution in [0.3, 0.4) is 0 Å². The Kier molecular flexibility index (Phi) is 5.59. The van der Waals surface area contributed by atoms with E-state index in [9.17, 15) is 9.59 Å². The minimum absolute atomic E-state index is 0.184. The van der Waals surface area contributed by atoms with Crippen LogP contribution in [0, 0.1) is 5.92 Å². The molecule has 0 aromatic carbocycles. The van der Waals surface area contributed by atoms with E-state index in [1.807, 2.05) is 13.8 Å². The molecule has 0 aliphatic carbocycles. The van der Waals surface area contributed by atoms with Crippen LogP contribution >= 0.6 is 0 Å². The largest absolute Gasteiger partial charge is 0.480 e. The smallest absolute Gasteiger partial charge is 0.326 e. The average Bonchev–Trinajstić information content (AvgIpc) is 2.62. The number of amides is 1. The SMILES string of the molecule is CC(C)C[C@H](NC(=O)CN1CCC[C@H]1C)C(=O)O. The van der Waals surface area contributed by atoms with Gasteiger partial charge in [0.05, 0.1) is 6.54 Å². The summed E-state index contributed by atoms with van der Waals surface area (Å²) in [6.07, 6.45) is 2.70. The Hall–Kier alpha value is -1.10. The zero-order valence-corrected chi connectivity index (χ0v) is 11.5. The highest BCUT2D eigenvalue weighted by Crippen LogP contribution is 2.15. The van der Waals surface area contributed by atoms with Crippen molar-refractivity contribution < 1.29 is 14.7 Å². The number of nitrogens with zero attached hydrogens (tertiary/aromatic N) is 1. The standard InChI is InChI=1S/C13H24N2O3/c1-9(2)7-11(13(17)18)14-12(16)8-15-6-4-5-10(15)3/h9-11H,4-8H2,1-3H3,(H,14,16)(H,17,18)/t10-,11+/m1/s1. The molecule has 2 N–H and O–H groups in total. The Bertz CT molecular complexity index is 305. The second-order valence-electron chi connectivity index (χ2n) is 5.55. The van der Waals surface area contributed by atoms with E-state index in [1.54, 1.807) is 0 Å². The lowest BCUT2D eigenvalue weighted by Crippen LogP contribution is -2.46. The zero-order valence-electron chi connectivity index (χ0n) is 11.5. The summed E-state index contributed by atoms with van der Waals surface area (Å²) in [6, 6.07) is -0.348. The van der Waals surface area contributed by atoms with Gasteiger partial charge in [-0.05, 0) is 38.6 Å². The highest BCUT2D eigenvalue weighted by atomic mass is 16.4. The maximum atomic E-state index is 11.8. The van der Waals surface area contributed by atoms with Crippen LogP contribution < -0.4 is 5.32 Å². The fourth-order valence-corrected chi connectivity index (χ4v) is 2.34. The summed E-state index contributed by atoms with van der Waals surface area (Å²) < 4.78 is 0. The second-order valence-corrected chi connectivity index (χ2v) is 5.55. The van der Waals surface area contributed by atoms with Gasteiger partial charge in [-0.3, -0.25) is 9.69 Å². The molecule has 104 valence electrons. The molecule has 0 aromatic rings. The molecule has 2 atom stereocenters. The minimum Gasteiger partial charge on any atom is -0.480 e. The molecule has 1 heterocycles. The number of carbonyl (C=O) groups is 2. The first kappa shape index (κ1) is 15.0. The lowest BCUT2D eigenvalue weighted by molar-refractivity contribution is -0.142. The summed E-state index contributed by atoms with van der Waals surface area (Å²) in [5, 5.41) is 11.7. The molecule has 1 aliphatic heterocycles. The summed E-state index contributed by atoms with van der Waals surface area (Å²) >= 11 is 0. The molecule has 1 saturated heterocycles. The quantitative estimate of drug-likeness (QED) is 0.746. The molecule has 0 unspecified atom stereocenters. The topological polar surface area (TPSA) is 69.6 Å². The maximum absolute atomic E-state index is 11.8. The fraction of sp³-hybridized carbons (Fsp3) is 0.846. The minimum atomic E-state index is -0.952. The van der Waals surface area contributed by atoms with Crippen LogP contribution in [-0.2, 0) is 9.59 Å². The third-order valence-electron chi connectivity index (χ3n) is 3.38. The normalized spacial score (nSPS) is 22.1. The van der Waals surface area contributed by atoms with Crippen LogP contribution in [0.2, 0.25) is 0 Å². The van der Waals surface area contributed by atoms with E-state index in [0.717, 1.165) is 19.4 Å². The third kappa shape index (κ3) is 4.64. The monoisotopic (exact) mass is 256 g/mol. The van der Waals surface area contributed by atoms with Gasteiger partial charge in [0.25, 0.3) is 0 Å². The molecule has 0 aromatic heterocycles. The van der Waals surface area contributed by atoms with E-state index in [1.165, 1.54) is 0 Å². The van der Waals surface area contributed by atoms with Gasteiger partial charge < -0.3 is 10.4 Å². The molecule has 1 rings (SSSR count). The summed E-state index contributed by atoms with van der Waals surface area (Å²) in [5.74, 6) is -0.888. The number of likely N-dealkylation sites (tertiary alicyclic amines) is 1. The van der Waals surface area contributed by atoms with E-state index in [-0.39, 0.29) is 11.8 Å². The molecule has 1 aliphatic rings. The van der Waals surface area contributed by atoms with Gasteiger partial charge in [0.15, 0.2) is 0 Å². The van der Waals surface area contributed by atoms with Gasteiger partial charge in [0.2, 0.25) is 5.91 Å². The Morgan fingerprint density at radius 2 is 2.11 bits per heavy atom. The second kappa shape index (κ2) is 6.73. The highest BCUT2D eigenvalue weighted by Gasteiger charge is 2.25. The van der Waals surface area contributed by atoms with Crippen molar-refractivity contribution in [1.82, 2.24) is 10.2 Å². The van der Waals surface area contributed by atoms with Gasteiger partial charge in [-0.2, -0.15) is 0 Å². The van der Waals surface area contributed by atoms with E-state index >= 15 is 0 Å². The predicted octanol–water partition coefficient (Wildman–Crippen LogP) is 1.09. The lowest BCUT2D eigenvalue weighted by atomic mass is 10.0. The fourth-order valence-electron chi connectivity index (χ4n) is 2.34. The third-order valence-corrected chi connectivity index (χ3v) is 3.38. The molecular formula is C13H24N2O3. The Labute approximate surface area is 109 Å². The molecular weight excluding hydrogens is 232 g/mol. The van der Waals surface area contributed by atoms with E-state index < -0.39 is 12.0 Å². The molecule has 0 spiro atoms. The number of hydrogen-bond acceptors (Lipinski definition) is 3. The van der Waals surface area contributed by atoms with Crippen molar-refractivity contribution in [3.63, 3.8) is 0 Å². The van der Waals surface area contributed by atoms with Crippen LogP contribution in [0.25, 0.3) is 0 Å². The van der Waals surface area contributed by atoms with Crippen molar-refractivity contribution in [1.29, 1.82) is 0 Å². The first-order chi connectivity index (χ1) is 8.40. The Balaban J connectivity index is 2.43.